The predicted molar refractivity (Wildman–Crippen MR) is 80.1 cm³/mol. The van der Waals surface area contributed by atoms with Gasteiger partial charge in [-0.25, -0.2) is 0 Å². The zero-order valence-corrected chi connectivity index (χ0v) is 12.6. The molecule has 0 amide bonds. The van der Waals surface area contributed by atoms with Crippen molar-refractivity contribution in [3.63, 3.8) is 0 Å². The van der Waals surface area contributed by atoms with Crippen molar-refractivity contribution in [2.45, 2.75) is 32.8 Å². The van der Waals surface area contributed by atoms with E-state index in [4.69, 9.17) is 15.2 Å². The third kappa shape index (κ3) is 4.27. The molecule has 1 aromatic rings. The van der Waals surface area contributed by atoms with Crippen LogP contribution in [0.4, 0.5) is 5.69 Å². The van der Waals surface area contributed by atoms with Crippen molar-refractivity contribution in [1.82, 2.24) is 9.88 Å². The average Bonchev–Trinajstić information content (AvgIpc) is 2.42. The number of hydrogen-bond donors (Lipinski definition) is 1. The van der Waals surface area contributed by atoms with Crippen molar-refractivity contribution < 1.29 is 9.47 Å². The molecule has 0 radical (unpaired) electrons. The van der Waals surface area contributed by atoms with Crippen LogP contribution in [0.3, 0.4) is 0 Å². The predicted octanol–water partition coefficient (Wildman–Crippen LogP) is 2.17. The number of hydrogen-bond acceptors (Lipinski definition) is 5. The number of nitrogens with zero attached hydrogens (tertiary/aromatic N) is 2. The Morgan fingerprint density at radius 2 is 2.05 bits per heavy atom. The normalized spacial score (nSPS) is 17.4. The number of pyridine rings is 1. The zero-order valence-electron chi connectivity index (χ0n) is 12.6. The number of nitrogen functional groups attached to an aromatic ring is 1. The summed E-state index contributed by atoms with van der Waals surface area (Å²) in [6, 6.07) is 3.61. The molecule has 0 saturated carbocycles. The Bertz CT molecular complexity index is 429. The molecule has 0 atom stereocenters. The van der Waals surface area contributed by atoms with Crippen molar-refractivity contribution in [1.29, 1.82) is 0 Å². The molecule has 2 rings (SSSR count). The van der Waals surface area contributed by atoms with Crippen LogP contribution in [0.1, 0.15) is 26.7 Å². The molecule has 1 aliphatic rings. The average molecular weight is 279 g/mol. The van der Waals surface area contributed by atoms with E-state index in [-0.39, 0.29) is 6.10 Å². The van der Waals surface area contributed by atoms with Gasteiger partial charge in [-0.1, -0.05) is 13.8 Å². The number of aromatic nitrogens is 1. The van der Waals surface area contributed by atoms with Crippen molar-refractivity contribution in [2.24, 2.45) is 5.92 Å². The molecule has 0 unspecified atom stereocenters. The van der Waals surface area contributed by atoms with E-state index < -0.39 is 0 Å². The van der Waals surface area contributed by atoms with Gasteiger partial charge in [0.1, 0.15) is 6.10 Å². The second-order valence-electron chi connectivity index (χ2n) is 5.87. The van der Waals surface area contributed by atoms with Crippen molar-refractivity contribution in [3.05, 3.63) is 12.1 Å². The molecule has 2 N–H and O–H groups in total. The van der Waals surface area contributed by atoms with Crippen molar-refractivity contribution in [3.8, 4) is 11.8 Å². The Morgan fingerprint density at radius 1 is 1.35 bits per heavy atom. The molecular weight excluding hydrogens is 254 g/mol. The number of likely N-dealkylation sites (tertiary alicyclic amines) is 1. The first kappa shape index (κ1) is 14.9. The molecule has 0 aliphatic carbocycles. The Balaban J connectivity index is 1.96. The van der Waals surface area contributed by atoms with Crippen molar-refractivity contribution >= 4 is 5.69 Å². The van der Waals surface area contributed by atoms with Crippen LogP contribution in [0, 0.1) is 5.92 Å². The third-order valence-corrected chi connectivity index (χ3v) is 3.37. The van der Waals surface area contributed by atoms with Gasteiger partial charge < -0.3 is 20.1 Å². The van der Waals surface area contributed by atoms with E-state index in [2.05, 4.69) is 30.8 Å². The number of anilines is 1. The van der Waals surface area contributed by atoms with Gasteiger partial charge in [-0.3, -0.25) is 0 Å². The molecular formula is C15H25N3O2. The second kappa shape index (κ2) is 6.79. The summed E-state index contributed by atoms with van der Waals surface area (Å²) in [6.07, 6.45) is 2.30. The van der Waals surface area contributed by atoms with E-state index >= 15 is 0 Å². The summed E-state index contributed by atoms with van der Waals surface area (Å²) in [4.78, 5) is 6.69. The van der Waals surface area contributed by atoms with Gasteiger partial charge >= 0.3 is 0 Å². The summed E-state index contributed by atoms with van der Waals surface area (Å²) in [5, 5.41) is 0. The topological polar surface area (TPSA) is 60.6 Å². The van der Waals surface area contributed by atoms with Gasteiger partial charge in [0.05, 0.1) is 12.3 Å². The van der Waals surface area contributed by atoms with Gasteiger partial charge in [0.25, 0.3) is 0 Å². The summed E-state index contributed by atoms with van der Waals surface area (Å²) >= 11 is 0. The highest BCUT2D eigenvalue weighted by molar-refractivity contribution is 5.49. The lowest BCUT2D eigenvalue weighted by Crippen LogP contribution is -2.35. The molecule has 5 heteroatoms. The molecule has 112 valence electrons. The number of nitrogens with two attached hydrogens (primary N) is 1. The zero-order chi connectivity index (χ0) is 14.5. The molecule has 2 heterocycles. The highest BCUT2D eigenvalue weighted by Crippen LogP contribution is 2.24. The summed E-state index contributed by atoms with van der Waals surface area (Å²) in [6.45, 7) is 6.92. The molecule has 1 fully saturated rings. The first-order chi connectivity index (χ1) is 9.54. The number of rotatable bonds is 5. The van der Waals surface area contributed by atoms with Crippen LogP contribution in [0.5, 0.6) is 11.8 Å². The monoisotopic (exact) mass is 279 g/mol. The van der Waals surface area contributed by atoms with Crippen LogP contribution < -0.4 is 15.2 Å². The van der Waals surface area contributed by atoms with E-state index in [0.29, 0.717) is 30.0 Å². The van der Waals surface area contributed by atoms with Gasteiger partial charge in [0.2, 0.25) is 11.8 Å². The maximum absolute atomic E-state index is 5.93. The highest BCUT2D eigenvalue weighted by atomic mass is 16.5. The molecule has 0 bridgehead atoms. The number of piperidine rings is 1. The fourth-order valence-electron chi connectivity index (χ4n) is 2.13. The van der Waals surface area contributed by atoms with Crippen LogP contribution in [0.25, 0.3) is 0 Å². The minimum Gasteiger partial charge on any atom is -0.476 e. The lowest BCUT2D eigenvalue weighted by Gasteiger charge is -2.29. The minimum atomic E-state index is 0.236. The maximum atomic E-state index is 5.93. The minimum absolute atomic E-state index is 0.236. The molecule has 1 aliphatic heterocycles. The first-order valence-corrected chi connectivity index (χ1v) is 7.29. The summed E-state index contributed by atoms with van der Waals surface area (Å²) in [5.41, 5.74) is 6.43. The molecule has 1 aromatic heterocycles. The van der Waals surface area contributed by atoms with E-state index in [1.54, 1.807) is 6.07 Å². The van der Waals surface area contributed by atoms with Crippen molar-refractivity contribution in [2.75, 3.05) is 32.5 Å². The summed E-state index contributed by atoms with van der Waals surface area (Å²) < 4.78 is 11.6. The van der Waals surface area contributed by atoms with Crippen LogP contribution in [-0.2, 0) is 0 Å². The van der Waals surface area contributed by atoms with E-state index in [0.717, 1.165) is 25.9 Å². The fraction of sp³-hybridized carbons (Fsp3) is 0.667. The molecule has 5 nitrogen and oxygen atoms in total. The largest absolute Gasteiger partial charge is 0.476 e. The van der Waals surface area contributed by atoms with Gasteiger partial charge in [-0.2, -0.15) is 4.98 Å². The van der Waals surface area contributed by atoms with E-state index in [1.165, 1.54) is 0 Å². The highest BCUT2D eigenvalue weighted by Gasteiger charge is 2.19. The first-order valence-electron chi connectivity index (χ1n) is 7.29. The quantitative estimate of drug-likeness (QED) is 0.895. The summed E-state index contributed by atoms with van der Waals surface area (Å²) in [5.74, 6) is 1.52. The lowest BCUT2D eigenvalue weighted by molar-refractivity contribution is 0.109. The molecule has 0 aromatic carbocycles. The van der Waals surface area contributed by atoms with Gasteiger partial charge in [-0.05, 0) is 31.9 Å². The second-order valence-corrected chi connectivity index (χ2v) is 5.87. The Hall–Kier alpha value is -1.49. The van der Waals surface area contributed by atoms with Gasteiger partial charge in [0.15, 0.2) is 0 Å². The van der Waals surface area contributed by atoms with Crippen LogP contribution in [0.2, 0.25) is 0 Å². The maximum Gasteiger partial charge on any atom is 0.240 e. The fourth-order valence-corrected chi connectivity index (χ4v) is 2.13. The van der Waals surface area contributed by atoms with Crippen LogP contribution >= 0.6 is 0 Å². The lowest BCUT2D eigenvalue weighted by atomic mass is 10.1. The van der Waals surface area contributed by atoms with Crippen LogP contribution in [0.15, 0.2) is 12.1 Å². The van der Waals surface area contributed by atoms with Gasteiger partial charge in [-0.15, -0.1) is 0 Å². The number of ether oxygens (including phenoxy) is 2. The van der Waals surface area contributed by atoms with E-state index in [9.17, 15) is 0 Å². The van der Waals surface area contributed by atoms with Crippen LogP contribution in [-0.4, -0.2) is 42.7 Å². The smallest absolute Gasteiger partial charge is 0.240 e. The molecule has 1 saturated heterocycles. The summed E-state index contributed by atoms with van der Waals surface area (Å²) in [7, 11) is 2.13. The van der Waals surface area contributed by atoms with Gasteiger partial charge in [0, 0.05) is 19.2 Å². The Kier molecular flexibility index (Phi) is 5.06. The standard InChI is InChI=1S/C15H25N3O2/c1-11(2)10-19-15-13(16)4-5-14(17-15)20-12-6-8-18(3)9-7-12/h4-5,11-12H,6-10,16H2,1-3H3. The Labute approximate surface area is 121 Å². The molecule has 20 heavy (non-hydrogen) atoms. The Morgan fingerprint density at radius 3 is 2.70 bits per heavy atom. The molecule has 0 spiro atoms. The third-order valence-electron chi connectivity index (χ3n) is 3.37. The van der Waals surface area contributed by atoms with E-state index in [1.807, 2.05) is 6.07 Å². The SMILES string of the molecule is CC(C)COc1nc(OC2CCN(C)CC2)ccc1N.